The lowest BCUT2D eigenvalue weighted by molar-refractivity contribution is -0.123. The van der Waals surface area contributed by atoms with Crippen molar-refractivity contribution >= 4 is 84.0 Å². The molecule has 1 saturated heterocycles. The lowest BCUT2D eigenvalue weighted by Crippen LogP contribution is -2.27. The van der Waals surface area contributed by atoms with E-state index >= 15 is 0 Å². The molecule has 0 atom stereocenters. The predicted octanol–water partition coefficient (Wildman–Crippen LogP) is 8.47. The van der Waals surface area contributed by atoms with Crippen molar-refractivity contribution in [1.29, 1.82) is 0 Å². The number of halogens is 5. The molecule has 4 rings (SSSR count). The Balaban J connectivity index is 1.53. The minimum atomic E-state index is -0.432. The van der Waals surface area contributed by atoms with Gasteiger partial charge in [-0.25, -0.2) is 4.39 Å². The molecule has 0 bridgehead atoms. The number of amides is 2. The van der Waals surface area contributed by atoms with Crippen LogP contribution in [0.25, 0.3) is 6.08 Å². The van der Waals surface area contributed by atoms with Crippen LogP contribution in [0.2, 0.25) is 10.0 Å². The number of rotatable bonds is 6. The van der Waals surface area contributed by atoms with Crippen molar-refractivity contribution in [3.8, 4) is 5.75 Å². The van der Waals surface area contributed by atoms with Crippen LogP contribution in [0, 0.1) is 5.82 Å². The third-order valence-electron chi connectivity index (χ3n) is 4.90. The van der Waals surface area contributed by atoms with Crippen molar-refractivity contribution < 1.29 is 18.7 Å². The largest absolute Gasteiger partial charge is 0.486 e. The number of ether oxygens (including phenoxy) is 1. The van der Waals surface area contributed by atoms with Gasteiger partial charge < -0.3 is 4.74 Å². The fourth-order valence-electron chi connectivity index (χ4n) is 3.20. The smallest absolute Gasteiger partial charge is 0.293 e. The van der Waals surface area contributed by atoms with Gasteiger partial charge >= 0.3 is 0 Å². The Labute approximate surface area is 226 Å². The average Bonchev–Trinajstić information content (AvgIpc) is 3.04. The standard InChI is InChI=1S/C24H14Br2Cl2FNO3S/c25-16-8-13(9-17(26)22(16)33-12-14-4-1-2-7-20(14)29)10-21-23(31)30(24(32)34-21)11-15-18(27)5-3-6-19(15)28/h1-10H,11-12H2/b21-10-. The first-order valence-electron chi connectivity index (χ1n) is 9.78. The Morgan fingerprint density at radius 1 is 1.00 bits per heavy atom. The molecular formula is C24H14Br2Cl2FNO3S. The molecule has 3 aromatic carbocycles. The predicted molar refractivity (Wildman–Crippen MR) is 141 cm³/mol. The van der Waals surface area contributed by atoms with E-state index in [-0.39, 0.29) is 23.9 Å². The topological polar surface area (TPSA) is 46.6 Å². The molecule has 10 heteroatoms. The van der Waals surface area contributed by atoms with Crippen LogP contribution in [0.3, 0.4) is 0 Å². The van der Waals surface area contributed by atoms with Gasteiger partial charge in [-0.3, -0.25) is 14.5 Å². The van der Waals surface area contributed by atoms with E-state index in [2.05, 4.69) is 31.9 Å². The van der Waals surface area contributed by atoms with Crippen molar-refractivity contribution in [2.45, 2.75) is 13.2 Å². The fourth-order valence-corrected chi connectivity index (χ4v) is 6.00. The summed E-state index contributed by atoms with van der Waals surface area (Å²) in [4.78, 5) is 26.8. The molecule has 0 unspecified atom stereocenters. The van der Waals surface area contributed by atoms with Crippen LogP contribution in [0.4, 0.5) is 9.18 Å². The third-order valence-corrected chi connectivity index (χ3v) is 7.69. The van der Waals surface area contributed by atoms with Crippen LogP contribution < -0.4 is 4.74 Å². The molecule has 1 aliphatic heterocycles. The van der Waals surface area contributed by atoms with Gasteiger partial charge in [-0.2, -0.15) is 0 Å². The molecule has 1 heterocycles. The lowest BCUT2D eigenvalue weighted by atomic mass is 10.2. The molecule has 0 aromatic heterocycles. The molecule has 34 heavy (non-hydrogen) atoms. The number of imide groups is 1. The van der Waals surface area contributed by atoms with Crippen LogP contribution >= 0.6 is 66.8 Å². The van der Waals surface area contributed by atoms with Crippen molar-refractivity contribution in [3.05, 3.63) is 101 Å². The molecule has 1 fully saturated rings. The van der Waals surface area contributed by atoms with Gasteiger partial charge in [0, 0.05) is 21.2 Å². The number of thioether (sulfide) groups is 1. The van der Waals surface area contributed by atoms with Crippen molar-refractivity contribution in [2.75, 3.05) is 0 Å². The number of carbonyl (C=O) groups is 2. The Morgan fingerprint density at radius 2 is 1.65 bits per heavy atom. The van der Waals surface area contributed by atoms with Gasteiger partial charge in [0.1, 0.15) is 18.2 Å². The molecule has 0 spiro atoms. The van der Waals surface area contributed by atoms with E-state index in [1.165, 1.54) is 6.07 Å². The molecule has 0 N–H and O–H groups in total. The van der Waals surface area contributed by atoms with Crippen LogP contribution in [0.1, 0.15) is 16.7 Å². The molecule has 174 valence electrons. The first-order chi connectivity index (χ1) is 16.2. The van der Waals surface area contributed by atoms with Gasteiger partial charge in [-0.1, -0.05) is 47.5 Å². The minimum Gasteiger partial charge on any atom is -0.486 e. The summed E-state index contributed by atoms with van der Waals surface area (Å²) in [5.41, 5.74) is 1.60. The Kier molecular flexibility index (Phi) is 8.05. The third kappa shape index (κ3) is 5.52. The number of hydrogen-bond acceptors (Lipinski definition) is 4. The highest BCUT2D eigenvalue weighted by atomic mass is 79.9. The van der Waals surface area contributed by atoms with E-state index in [0.717, 1.165) is 16.7 Å². The van der Waals surface area contributed by atoms with Crippen molar-refractivity contribution in [2.24, 2.45) is 0 Å². The van der Waals surface area contributed by atoms with Crippen molar-refractivity contribution in [3.63, 3.8) is 0 Å². The normalized spacial score (nSPS) is 14.9. The summed E-state index contributed by atoms with van der Waals surface area (Å²) < 4.78 is 20.9. The lowest BCUT2D eigenvalue weighted by Gasteiger charge is -2.14. The molecule has 3 aromatic rings. The van der Waals surface area contributed by atoms with Gasteiger partial charge in [0.05, 0.1) is 20.4 Å². The van der Waals surface area contributed by atoms with E-state index in [1.807, 2.05) is 0 Å². The second kappa shape index (κ2) is 10.8. The molecule has 0 saturated carbocycles. The zero-order chi connectivity index (χ0) is 24.4. The van der Waals surface area contributed by atoms with Crippen molar-refractivity contribution in [1.82, 2.24) is 4.90 Å². The molecule has 2 amide bonds. The van der Waals surface area contributed by atoms with Crippen LogP contribution in [0.15, 0.2) is 68.4 Å². The quantitative estimate of drug-likeness (QED) is 0.252. The summed E-state index contributed by atoms with van der Waals surface area (Å²) in [6, 6.07) is 14.9. The molecular weight excluding hydrogens is 632 g/mol. The zero-order valence-corrected chi connectivity index (χ0v) is 22.7. The number of benzene rings is 3. The minimum absolute atomic E-state index is 0.0171. The van der Waals surface area contributed by atoms with E-state index in [0.29, 0.717) is 41.4 Å². The Bertz CT molecular complexity index is 1290. The van der Waals surface area contributed by atoms with Crippen LogP contribution in [-0.4, -0.2) is 16.0 Å². The maximum Gasteiger partial charge on any atom is 0.293 e. The summed E-state index contributed by atoms with van der Waals surface area (Å²) >= 11 is 20.2. The summed E-state index contributed by atoms with van der Waals surface area (Å²) in [6.45, 7) is 0.0312. The molecule has 4 nitrogen and oxygen atoms in total. The van der Waals surface area contributed by atoms with Gasteiger partial charge in [-0.05, 0) is 85.6 Å². The molecule has 0 aliphatic carbocycles. The van der Waals surface area contributed by atoms with Gasteiger partial charge in [0.25, 0.3) is 11.1 Å². The Hall–Kier alpha value is -1.84. The van der Waals surface area contributed by atoms with Crippen LogP contribution in [-0.2, 0) is 17.9 Å². The maximum absolute atomic E-state index is 13.9. The Morgan fingerprint density at radius 3 is 2.29 bits per heavy atom. The van der Waals surface area contributed by atoms with Gasteiger partial charge in [0.2, 0.25) is 0 Å². The highest BCUT2D eigenvalue weighted by Crippen LogP contribution is 2.39. The number of hydrogen-bond donors (Lipinski definition) is 0. The fraction of sp³-hybridized carbons (Fsp3) is 0.0833. The molecule has 1 aliphatic rings. The summed E-state index contributed by atoms with van der Waals surface area (Å²) in [6.07, 6.45) is 1.62. The second-order valence-corrected chi connectivity index (χ2v) is 10.7. The van der Waals surface area contributed by atoms with E-state index in [1.54, 1.807) is 54.6 Å². The van der Waals surface area contributed by atoms with E-state index in [9.17, 15) is 14.0 Å². The second-order valence-electron chi connectivity index (χ2n) is 7.16. The average molecular weight is 646 g/mol. The zero-order valence-electron chi connectivity index (χ0n) is 17.2. The highest BCUT2D eigenvalue weighted by molar-refractivity contribution is 9.11. The number of nitrogens with zero attached hydrogens (tertiary/aromatic N) is 1. The first kappa shape index (κ1) is 25.3. The summed E-state index contributed by atoms with van der Waals surface area (Å²) in [5.74, 6) is -0.292. The molecule has 0 radical (unpaired) electrons. The van der Waals surface area contributed by atoms with E-state index in [4.69, 9.17) is 27.9 Å². The number of carbonyl (C=O) groups excluding carboxylic acids is 2. The monoisotopic (exact) mass is 643 g/mol. The van der Waals surface area contributed by atoms with Crippen LogP contribution in [0.5, 0.6) is 5.75 Å². The maximum atomic E-state index is 13.9. The summed E-state index contributed by atoms with van der Waals surface area (Å²) in [7, 11) is 0. The van der Waals surface area contributed by atoms with Gasteiger partial charge in [0.15, 0.2) is 0 Å². The SMILES string of the molecule is O=C1S/C(=C\c2cc(Br)c(OCc3ccccc3F)c(Br)c2)C(=O)N1Cc1c(Cl)cccc1Cl. The summed E-state index contributed by atoms with van der Waals surface area (Å²) in [5, 5.41) is 0.360. The van der Waals surface area contributed by atoms with E-state index < -0.39 is 11.1 Å². The highest BCUT2D eigenvalue weighted by Gasteiger charge is 2.35. The first-order valence-corrected chi connectivity index (χ1v) is 12.9. The van der Waals surface area contributed by atoms with Gasteiger partial charge in [-0.15, -0.1) is 0 Å².